The summed E-state index contributed by atoms with van der Waals surface area (Å²) in [6.07, 6.45) is 12.6. The molecule has 2 aromatic rings. The second-order valence-electron chi connectivity index (χ2n) is 10.8. The molecule has 1 amide bonds. The Morgan fingerprint density at radius 2 is 1.84 bits per heavy atom. The van der Waals surface area contributed by atoms with Gasteiger partial charge < -0.3 is 15.0 Å². The number of carbonyl (C=O) groups excluding carboxylic acids is 1. The van der Waals surface area contributed by atoms with Crippen molar-refractivity contribution in [2.75, 3.05) is 24.3 Å². The second kappa shape index (κ2) is 14.9. The summed E-state index contributed by atoms with van der Waals surface area (Å²) in [6.45, 7) is 4.16. The Morgan fingerprint density at radius 1 is 1.11 bits per heavy atom. The van der Waals surface area contributed by atoms with Crippen LogP contribution in [0.25, 0.3) is 11.1 Å². The normalized spacial score (nSPS) is 16.5. The predicted octanol–water partition coefficient (Wildman–Crippen LogP) is 7.84. The molecule has 0 heterocycles. The maximum atomic E-state index is 14.3. The maximum absolute atomic E-state index is 14.3. The number of carboxylic acid groups (broad SMARTS) is 1. The highest BCUT2D eigenvalue weighted by atomic mass is 32.2. The van der Waals surface area contributed by atoms with Crippen molar-refractivity contribution in [3.05, 3.63) is 59.2 Å². The van der Waals surface area contributed by atoms with Crippen LogP contribution in [-0.4, -0.2) is 47.4 Å². The molecule has 1 aliphatic carbocycles. The van der Waals surface area contributed by atoms with Gasteiger partial charge in [-0.25, -0.2) is 4.79 Å². The summed E-state index contributed by atoms with van der Waals surface area (Å²) in [6, 6.07) is 12.7. The Hall–Kier alpha value is -2.04. The van der Waals surface area contributed by atoms with E-state index in [2.05, 4.69) is 12.2 Å². The van der Waals surface area contributed by atoms with Crippen LogP contribution < -0.4 is 5.32 Å². The van der Waals surface area contributed by atoms with E-state index in [-0.39, 0.29) is 5.91 Å². The average Bonchev–Trinajstić information content (AvgIpc) is 2.90. The van der Waals surface area contributed by atoms with Crippen LogP contribution in [0.1, 0.15) is 79.8 Å². The molecule has 2 aromatic carbocycles. The quantitative estimate of drug-likeness (QED) is 0.231. The fourth-order valence-corrected chi connectivity index (χ4v) is 9.57. The van der Waals surface area contributed by atoms with Crippen molar-refractivity contribution >= 4 is 30.8 Å². The fraction of sp³-hybridized carbons (Fsp3) is 0.548. The van der Waals surface area contributed by atoms with Crippen molar-refractivity contribution in [1.82, 2.24) is 5.32 Å². The molecule has 0 radical (unpaired) electrons. The lowest BCUT2D eigenvalue weighted by Gasteiger charge is -2.27. The number of amides is 1. The van der Waals surface area contributed by atoms with Gasteiger partial charge in [-0.3, -0.25) is 4.79 Å². The number of hydrogen-bond donors (Lipinski definition) is 2. The minimum atomic E-state index is -2.42. The molecule has 5 nitrogen and oxygen atoms in total. The number of aryl methyl sites for hydroxylation is 1. The van der Waals surface area contributed by atoms with E-state index in [4.69, 9.17) is 0 Å². The Bertz CT molecular complexity index is 1130. The summed E-state index contributed by atoms with van der Waals surface area (Å²) in [5, 5.41) is 12.4. The lowest BCUT2D eigenvalue weighted by molar-refractivity contribution is -0.139. The summed E-state index contributed by atoms with van der Waals surface area (Å²) in [4.78, 5) is 25.2. The lowest BCUT2D eigenvalue weighted by atomic mass is 9.91. The molecule has 1 saturated carbocycles. The minimum absolute atomic E-state index is 0.363. The number of unbranched alkanes of at least 4 members (excludes halogenated alkanes) is 1. The predicted molar refractivity (Wildman–Crippen MR) is 161 cm³/mol. The van der Waals surface area contributed by atoms with E-state index < -0.39 is 19.2 Å². The summed E-state index contributed by atoms with van der Waals surface area (Å²) in [7, 11) is -2.42. The number of thioether (sulfide) groups is 1. The van der Waals surface area contributed by atoms with Gasteiger partial charge in [0.15, 0.2) is 0 Å². The SMILES string of the molecule is CCCCP(=O)(Cc1ccc(C(=O)N[C@@H](CCSC)C(=O)O)c(-c2ccccc2C)c1)CC1CCCCC1. The third-order valence-corrected chi connectivity index (χ3v) is 11.6. The zero-order chi connectivity index (χ0) is 27.5. The van der Waals surface area contributed by atoms with Gasteiger partial charge >= 0.3 is 5.97 Å². The molecule has 0 aromatic heterocycles. The zero-order valence-corrected chi connectivity index (χ0v) is 24.9. The van der Waals surface area contributed by atoms with E-state index in [1.807, 2.05) is 49.6 Å². The minimum Gasteiger partial charge on any atom is -0.480 e. The molecule has 1 unspecified atom stereocenters. The highest BCUT2D eigenvalue weighted by molar-refractivity contribution is 7.98. The Balaban J connectivity index is 1.95. The fourth-order valence-electron chi connectivity index (χ4n) is 5.57. The van der Waals surface area contributed by atoms with Crippen LogP contribution in [0.15, 0.2) is 42.5 Å². The summed E-state index contributed by atoms with van der Waals surface area (Å²) in [5.74, 6) is -0.211. The molecule has 0 saturated heterocycles. The number of aliphatic carboxylic acids is 1. The van der Waals surface area contributed by atoms with E-state index in [0.717, 1.165) is 47.4 Å². The molecule has 2 N–H and O–H groups in total. The standard InChI is InChI=1S/C31H44NO4PS/c1-4-5-18-37(36,21-24-12-7-6-8-13-24)22-25-15-16-27(28(20-25)26-14-10-9-11-23(26)2)30(33)32-29(31(34)35)17-19-38-3/h9-11,14-16,20,24,29H,4-8,12-13,17-19,21-22H2,1-3H3,(H,32,33)(H,34,35)/t29-,37?/m0/s1. The van der Waals surface area contributed by atoms with Crippen molar-refractivity contribution in [2.24, 2.45) is 5.92 Å². The number of carboxylic acids is 1. The van der Waals surface area contributed by atoms with Gasteiger partial charge in [0, 0.05) is 24.0 Å². The van der Waals surface area contributed by atoms with Crippen molar-refractivity contribution in [3.8, 4) is 11.1 Å². The van der Waals surface area contributed by atoms with Crippen LogP contribution in [0.4, 0.5) is 0 Å². The maximum Gasteiger partial charge on any atom is 0.326 e. The molecule has 1 aliphatic rings. The topological polar surface area (TPSA) is 83.5 Å². The third kappa shape index (κ3) is 8.74. The molecule has 0 bridgehead atoms. The molecule has 7 heteroatoms. The van der Waals surface area contributed by atoms with Gasteiger partial charge in [0.05, 0.1) is 7.14 Å². The van der Waals surface area contributed by atoms with Gasteiger partial charge in [-0.05, 0) is 72.1 Å². The summed E-state index contributed by atoms with van der Waals surface area (Å²) < 4.78 is 14.3. The first kappa shape index (κ1) is 30.5. The molecule has 38 heavy (non-hydrogen) atoms. The molecular formula is C31H44NO4PS. The molecule has 2 atom stereocenters. The average molecular weight is 558 g/mol. The monoisotopic (exact) mass is 557 g/mol. The first-order valence-electron chi connectivity index (χ1n) is 14.0. The Labute approximate surface area is 232 Å². The van der Waals surface area contributed by atoms with Crippen LogP contribution in [0, 0.1) is 12.8 Å². The molecular weight excluding hydrogens is 513 g/mol. The lowest BCUT2D eigenvalue weighted by Crippen LogP contribution is -2.41. The first-order chi connectivity index (χ1) is 18.3. The number of carbonyl (C=O) groups is 2. The highest BCUT2D eigenvalue weighted by Gasteiger charge is 2.29. The number of nitrogens with one attached hydrogen (secondary N) is 1. The van der Waals surface area contributed by atoms with E-state index in [0.29, 0.717) is 29.8 Å². The number of benzene rings is 2. The third-order valence-electron chi connectivity index (χ3n) is 7.68. The highest BCUT2D eigenvalue weighted by Crippen LogP contribution is 2.53. The molecule has 0 spiro atoms. The van der Waals surface area contributed by atoms with Crippen molar-refractivity contribution in [3.63, 3.8) is 0 Å². The van der Waals surface area contributed by atoms with Crippen LogP contribution in [0.2, 0.25) is 0 Å². The van der Waals surface area contributed by atoms with Gasteiger partial charge in [0.25, 0.3) is 5.91 Å². The van der Waals surface area contributed by atoms with Gasteiger partial charge in [-0.1, -0.05) is 75.8 Å². The first-order valence-corrected chi connectivity index (χ1v) is 17.7. The van der Waals surface area contributed by atoms with E-state index in [9.17, 15) is 19.3 Å². The van der Waals surface area contributed by atoms with Crippen LogP contribution in [0.5, 0.6) is 0 Å². The molecule has 0 aliphatic heterocycles. The van der Waals surface area contributed by atoms with Crippen molar-refractivity contribution in [1.29, 1.82) is 0 Å². The van der Waals surface area contributed by atoms with Gasteiger partial charge in [-0.15, -0.1) is 0 Å². The molecule has 208 valence electrons. The smallest absolute Gasteiger partial charge is 0.326 e. The molecule has 3 rings (SSSR count). The summed E-state index contributed by atoms with van der Waals surface area (Å²) >= 11 is 1.56. The van der Waals surface area contributed by atoms with Crippen LogP contribution in [0.3, 0.4) is 0 Å². The van der Waals surface area contributed by atoms with Gasteiger partial charge in [-0.2, -0.15) is 11.8 Å². The largest absolute Gasteiger partial charge is 0.480 e. The van der Waals surface area contributed by atoms with Crippen molar-refractivity contribution in [2.45, 2.75) is 77.4 Å². The Morgan fingerprint density at radius 3 is 2.50 bits per heavy atom. The zero-order valence-electron chi connectivity index (χ0n) is 23.2. The molecule has 1 fully saturated rings. The van der Waals surface area contributed by atoms with Crippen LogP contribution >= 0.6 is 18.9 Å². The van der Waals surface area contributed by atoms with E-state index in [1.165, 1.54) is 32.1 Å². The van der Waals surface area contributed by atoms with Crippen LogP contribution in [-0.2, 0) is 15.5 Å². The Kier molecular flexibility index (Phi) is 12.0. The van der Waals surface area contributed by atoms with Gasteiger partial charge in [0.2, 0.25) is 0 Å². The van der Waals surface area contributed by atoms with Crippen molar-refractivity contribution < 1.29 is 19.3 Å². The number of rotatable bonds is 14. The second-order valence-corrected chi connectivity index (χ2v) is 15.1. The van der Waals surface area contributed by atoms with E-state index in [1.54, 1.807) is 17.8 Å². The number of hydrogen-bond acceptors (Lipinski definition) is 4. The summed E-state index contributed by atoms with van der Waals surface area (Å²) in [5.41, 5.74) is 4.19. The van der Waals surface area contributed by atoms with E-state index >= 15 is 0 Å². The van der Waals surface area contributed by atoms with Gasteiger partial charge in [0.1, 0.15) is 6.04 Å².